The average molecular weight is 289 g/mol. The summed E-state index contributed by atoms with van der Waals surface area (Å²) in [6, 6.07) is 1.24. The van der Waals surface area contributed by atoms with Crippen molar-refractivity contribution < 1.29 is 18.3 Å². The molecule has 0 saturated carbocycles. The normalized spacial score (nSPS) is 21.9. The summed E-state index contributed by atoms with van der Waals surface area (Å²) in [6.45, 7) is 3.06. The molecule has 100 valence electrons. The Kier molecular flexibility index (Phi) is 3.74. The van der Waals surface area contributed by atoms with Gasteiger partial charge >= 0.3 is 5.97 Å². The van der Waals surface area contributed by atoms with E-state index in [4.69, 9.17) is 5.11 Å². The van der Waals surface area contributed by atoms with Crippen molar-refractivity contribution in [1.29, 1.82) is 0 Å². The summed E-state index contributed by atoms with van der Waals surface area (Å²) in [7, 11) is -3.52. The lowest BCUT2D eigenvalue weighted by molar-refractivity contribution is 0.0697. The first kappa shape index (κ1) is 13.5. The number of aromatic carboxylic acids is 1. The van der Waals surface area contributed by atoms with Gasteiger partial charge in [-0.3, -0.25) is 0 Å². The Morgan fingerprint density at radius 2 is 2.28 bits per heavy atom. The van der Waals surface area contributed by atoms with Crippen molar-refractivity contribution in [3.8, 4) is 0 Å². The number of carboxylic acids is 1. The van der Waals surface area contributed by atoms with E-state index in [9.17, 15) is 13.2 Å². The predicted octanol–water partition coefficient (Wildman–Crippen LogP) is 1.87. The van der Waals surface area contributed by atoms with Crippen LogP contribution in [0.15, 0.2) is 15.7 Å². The fourth-order valence-corrected chi connectivity index (χ4v) is 4.96. The van der Waals surface area contributed by atoms with Crippen molar-refractivity contribution in [2.24, 2.45) is 5.92 Å². The molecular formula is C11H15NO4S2. The highest BCUT2D eigenvalue weighted by molar-refractivity contribution is 7.91. The molecule has 1 aromatic rings. The number of carbonyl (C=O) groups is 1. The average Bonchev–Trinajstić information content (AvgIpc) is 2.79. The van der Waals surface area contributed by atoms with Crippen LogP contribution in [0.1, 0.15) is 30.1 Å². The molecule has 18 heavy (non-hydrogen) atoms. The number of carboxylic acid groups (broad SMARTS) is 1. The number of nitrogens with zero attached hydrogens (tertiary/aromatic N) is 1. The van der Waals surface area contributed by atoms with Crippen LogP contribution in [0, 0.1) is 5.92 Å². The van der Waals surface area contributed by atoms with Gasteiger partial charge in [0, 0.05) is 18.5 Å². The predicted molar refractivity (Wildman–Crippen MR) is 68.4 cm³/mol. The second kappa shape index (κ2) is 4.99. The van der Waals surface area contributed by atoms with E-state index >= 15 is 0 Å². The van der Waals surface area contributed by atoms with Crippen LogP contribution < -0.4 is 0 Å². The number of piperidine rings is 1. The highest BCUT2D eigenvalue weighted by Crippen LogP contribution is 2.27. The Bertz CT molecular complexity index is 549. The van der Waals surface area contributed by atoms with E-state index in [-0.39, 0.29) is 9.77 Å². The molecule has 0 radical (unpaired) electrons. The maximum absolute atomic E-state index is 12.3. The topological polar surface area (TPSA) is 74.7 Å². The van der Waals surface area contributed by atoms with E-state index in [0.29, 0.717) is 19.0 Å². The fourth-order valence-electron chi connectivity index (χ4n) is 2.06. The molecule has 0 aromatic carbocycles. The third-order valence-corrected chi connectivity index (χ3v) is 6.32. The van der Waals surface area contributed by atoms with Gasteiger partial charge in [0.25, 0.3) is 10.0 Å². The van der Waals surface area contributed by atoms with Crippen molar-refractivity contribution in [1.82, 2.24) is 4.31 Å². The molecule has 0 spiro atoms. The van der Waals surface area contributed by atoms with Gasteiger partial charge in [-0.1, -0.05) is 6.92 Å². The third kappa shape index (κ3) is 2.57. The summed E-state index contributed by atoms with van der Waals surface area (Å²) in [4.78, 5) is 10.8. The standard InChI is InChI=1S/C11H15NO4S2/c1-8-3-2-4-12(6-8)18(15,16)10-5-9(7-17-10)11(13)14/h5,7-8H,2-4,6H2,1H3,(H,13,14). The van der Waals surface area contributed by atoms with Gasteiger partial charge < -0.3 is 5.11 Å². The van der Waals surface area contributed by atoms with Crippen LogP contribution in [0.5, 0.6) is 0 Å². The minimum absolute atomic E-state index is 0.0311. The monoisotopic (exact) mass is 289 g/mol. The first-order valence-electron chi connectivity index (χ1n) is 5.73. The largest absolute Gasteiger partial charge is 0.478 e. The SMILES string of the molecule is CC1CCCN(S(=O)(=O)c2cc(C(=O)O)cs2)C1. The Balaban J connectivity index is 2.26. The molecule has 0 amide bonds. The summed E-state index contributed by atoms with van der Waals surface area (Å²) < 4.78 is 26.2. The lowest BCUT2D eigenvalue weighted by Gasteiger charge is -2.29. The third-order valence-electron chi connectivity index (χ3n) is 3.04. The second-order valence-electron chi connectivity index (χ2n) is 4.57. The van der Waals surface area contributed by atoms with Crippen molar-refractivity contribution in [3.63, 3.8) is 0 Å². The molecule has 1 aliphatic heterocycles. The maximum atomic E-state index is 12.3. The number of sulfonamides is 1. The van der Waals surface area contributed by atoms with Crippen LogP contribution >= 0.6 is 11.3 Å². The van der Waals surface area contributed by atoms with Gasteiger partial charge in [0.1, 0.15) is 4.21 Å². The molecule has 1 aliphatic rings. The lowest BCUT2D eigenvalue weighted by atomic mass is 10.0. The maximum Gasteiger partial charge on any atom is 0.336 e. The molecule has 1 fully saturated rings. The Morgan fingerprint density at radius 3 is 2.83 bits per heavy atom. The molecular weight excluding hydrogens is 274 g/mol. The molecule has 2 heterocycles. The van der Waals surface area contributed by atoms with Gasteiger partial charge in [0.05, 0.1) is 5.56 Å². The molecule has 1 N–H and O–H groups in total. The number of hydrogen-bond acceptors (Lipinski definition) is 4. The zero-order chi connectivity index (χ0) is 13.3. The second-order valence-corrected chi connectivity index (χ2v) is 7.65. The highest BCUT2D eigenvalue weighted by atomic mass is 32.2. The molecule has 7 heteroatoms. The Hall–Kier alpha value is -0.920. The van der Waals surface area contributed by atoms with Crippen LogP contribution in [0.3, 0.4) is 0 Å². The summed E-state index contributed by atoms with van der Waals surface area (Å²) in [5, 5.41) is 10.2. The van der Waals surface area contributed by atoms with Crippen LogP contribution in [0.2, 0.25) is 0 Å². The van der Waals surface area contributed by atoms with E-state index in [1.165, 1.54) is 15.8 Å². The van der Waals surface area contributed by atoms with E-state index in [0.717, 1.165) is 24.2 Å². The van der Waals surface area contributed by atoms with Gasteiger partial charge in [-0.25, -0.2) is 13.2 Å². The molecule has 0 bridgehead atoms. The van der Waals surface area contributed by atoms with E-state index in [1.807, 2.05) is 6.92 Å². The first-order valence-corrected chi connectivity index (χ1v) is 8.05. The lowest BCUT2D eigenvalue weighted by Crippen LogP contribution is -2.38. The zero-order valence-electron chi connectivity index (χ0n) is 10.00. The minimum atomic E-state index is -3.52. The van der Waals surface area contributed by atoms with Crippen molar-refractivity contribution in [3.05, 3.63) is 17.0 Å². The summed E-state index contributed by atoms with van der Waals surface area (Å²) in [5.41, 5.74) is 0.0311. The number of thiophene rings is 1. The Labute approximate surface area is 110 Å². The number of hydrogen-bond donors (Lipinski definition) is 1. The Morgan fingerprint density at radius 1 is 1.56 bits per heavy atom. The van der Waals surface area contributed by atoms with Gasteiger partial charge in [-0.15, -0.1) is 11.3 Å². The minimum Gasteiger partial charge on any atom is -0.478 e. The summed E-state index contributed by atoms with van der Waals surface area (Å²) in [5.74, 6) is -0.743. The molecule has 0 aliphatic carbocycles. The van der Waals surface area contributed by atoms with Crippen LogP contribution in [-0.4, -0.2) is 36.9 Å². The molecule has 1 aromatic heterocycles. The number of rotatable bonds is 3. The molecule has 1 unspecified atom stereocenters. The highest BCUT2D eigenvalue weighted by Gasteiger charge is 2.30. The zero-order valence-corrected chi connectivity index (χ0v) is 11.6. The van der Waals surface area contributed by atoms with Crippen molar-refractivity contribution in [2.75, 3.05) is 13.1 Å². The summed E-state index contributed by atoms with van der Waals surface area (Å²) in [6.07, 6.45) is 1.90. The molecule has 1 saturated heterocycles. The fraction of sp³-hybridized carbons (Fsp3) is 0.545. The van der Waals surface area contributed by atoms with E-state index in [1.54, 1.807) is 0 Å². The van der Waals surface area contributed by atoms with Gasteiger partial charge in [-0.05, 0) is 24.8 Å². The van der Waals surface area contributed by atoms with Gasteiger partial charge in [0.15, 0.2) is 0 Å². The van der Waals surface area contributed by atoms with Crippen molar-refractivity contribution >= 4 is 27.3 Å². The smallest absolute Gasteiger partial charge is 0.336 e. The van der Waals surface area contributed by atoms with Crippen LogP contribution in [0.25, 0.3) is 0 Å². The van der Waals surface area contributed by atoms with Crippen molar-refractivity contribution in [2.45, 2.75) is 24.0 Å². The first-order chi connectivity index (χ1) is 8.41. The summed E-state index contributed by atoms with van der Waals surface area (Å²) >= 11 is 0.969. The molecule has 5 nitrogen and oxygen atoms in total. The van der Waals surface area contributed by atoms with Crippen LogP contribution in [0.4, 0.5) is 0 Å². The van der Waals surface area contributed by atoms with Gasteiger partial charge in [0.2, 0.25) is 0 Å². The molecule has 2 rings (SSSR count). The quantitative estimate of drug-likeness (QED) is 0.921. The van der Waals surface area contributed by atoms with Gasteiger partial charge in [-0.2, -0.15) is 4.31 Å². The van der Waals surface area contributed by atoms with Crippen LogP contribution in [-0.2, 0) is 10.0 Å². The van der Waals surface area contributed by atoms with E-state index < -0.39 is 16.0 Å². The molecule has 1 atom stereocenters. The van der Waals surface area contributed by atoms with E-state index in [2.05, 4.69) is 0 Å².